The molecule has 59 heavy (non-hydrogen) atoms. The SMILES string of the molecule is CC(I)I.CCI.CCN.CCNc1nc(Cl)nc(NCC)n1.CCNc1nc(NCC)nc(N(C)OC)n1.COCN.Cl.Cl.Clc1nc(Cl)nc(Cl)n1.[CH3-].[I][V]([I])[I]. The molecule has 352 valence electrons. The molecule has 3 heterocycles. The van der Waals surface area contributed by atoms with E-state index in [9.17, 15) is 0 Å². The van der Waals surface area contributed by atoms with Gasteiger partial charge in [-0.1, -0.05) is 81.6 Å². The Bertz CT molecular complexity index is 1210. The Morgan fingerprint density at radius 2 is 0.831 bits per heavy atom. The van der Waals surface area contributed by atoms with E-state index in [1.165, 1.54) is 9.49 Å². The maximum atomic E-state index is 5.68. The van der Waals surface area contributed by atoms with Crippen molar-refractivity contribution in [3.8, 4) is 0 Å². The number of ether oxygens (including phenoxy) is 1. The van der Waals surface area contributed by atoms with Gasteiger partial charge in [-0.2, -0.15) is 44.9 Å². The summed E-state index contributed by atoms with van der Waals surface area (Å²) in [6, 6.07) is 0. The Kier molecular flexibility index (Phi) is 78.2. The van der Waals surface area contributed by atoms with Crippen LogP contribution in [0.25, 0.3) is 0 Å². The summed E-state index contributed by atoms with van der Waals surface area (Å²) in [4.78, 5) is 39.6. The van der Waals surface area contributed by atoms with Gasteiger partial charge in [0.05, 0.1) is 15.8 Å². The van der Waals surface area contributed by atoms with Gasteiger partial charge in [-0.25, -0.2) is 5.06 Å². The number of anilines is 5. The minimum absolute atomic E-state index is 0. The van der Waals surface area contributed by atoms with E-state index < -0.39 is 0 Å². The quantitative estimate of drug-likeness (QED) is 0.0344. The van der Waals surface area contributed by atoms with E-state index in [2.05, 4.69) is 212 Å². The van der Waals surface area contributed by atoms with Gasteiger partial charge < -0.3 is 44.9 Å². The van der Waals surface area contributed by atoms with Crippen LogP contribution in [0.15, 0.2) is 0 Å². The van der Waals surface area contributed by atoms with E-state index in [4.69, 9.17) is 62.7 Å². The Hall–Kier alpha value is 2.57. The normalized spacial score (nSPS) is 8.68. The fourth-order valence-corrected chi connectivity index (χ4v) is 2.96. The van der Waals surface area contributed by atoms with Gasteiger partial charge in [0.15, 0.2) is 0 Å². The zero-order valence-corrected chi connectivity index (χ0v) is 53.5. The number of nitrogens with one attached hydrogen (secondary N) is 4. The molecule has 18 nitrogen and oxygen atoms in total. The van der Waals surface area contributed by atoms with Crippen molar-refractivity contribution in [2.75, 3.05) is 91.5 Å². The number of halogens is 12. The fourth-order valence-electron chi connectivity index (χ4n) is 2.19. The number of aromatic nitrogens is 9. The van der Waals surface area contributed by atoms with Crippen molar-refractivity contribution in [2.45, 2.75) is 50.4 Å². The van der Waals surface area contributed by atoms with Crippen molar-refractivity contribution >= 4 is 229 Å². The molecule has 0 saturated heterocycles. The first-order chi connectivity index (χ1) is 26.4. The second-order valence-electron chi connectivity index (χ2n) is 8.32. The van der Waals surface area contributed by atoms with Crippen LogP contribution in [-0.2, 0) is 14.5 Å². The van der Waals surface area contributed by atoms with E-state index in [-0.39, 0.29) is 58.3 Å². The zero-order chi connectivity index (χ0) is 44.5. The number of hydrogen-bond acceptors (Lipinski definition) is 18. The predicted octanol–water partition coefficient (Wildman–Crippen LogP) is 11.1. The van der Waals surface area contributed by atoms with Gasteiger partial charge in [-0.15, -0.1) is 24.8 Å². The van der Waals surface area contributed by atoms with Crippen molar-refractivity contribution in [3.05, 3.63) is 28.6 Å². The molecule has 0 amide bonds. The van der Waals surface area contributed by atoms with Crippen LogP contribution in [0.1, 0.15) is 48.5 Å². The van der Waals surface area contributed by atoms with Crippen LogP contribution < -0.4 is 37.8 Å². The molecule has 0 radical (unpaired) electrons. The van der Waals surface area contributed by atoms with E-state index in [1.807, 2.05) is 34.6 Å². The predicted molar refractivity (Wildman–Crippen MR) is 307 cm³/mol. The molecule has 0 atom stereocenters. The summed E-state index contributed by atoms with van der Waals surface area (Å²) in [6.07, 6.45) is 0. The van der Waals surface area contributed by atoms with Crippen LogP contribution >= 0.6 is 199 Å². The molecule has 31 heteroatoms. The van der Waals surface area contributed by atoms with Gasteiger partial charge in [-0.05, 0) is 92.0 Å². The molecule has 0 aromatic carbocycles. The second-order valence-corrected chi connectivity index (χ2v) is 52.7. The molecule has 0 aliphatic heterocycles. The van der Waals surface area contributed by atoms with Crippen molar-refractivity contribution in [2.24, 2.45) is 11.5 Å². The fraction of sp³-hybridized carbons (Fsp3) is 0.643. The third-order valence-corrected chi connectivity index (χ3v) is 4.52. The second kappa shape index (κ2) is 58.6. The van der Waals surface area contributed by atoms with Gasteiger partial charge in [0.25, 0.3) is 5.95 Å². The molecular formula is C28H58Cl6I6N16O2V-. The summed E-state index contributed by atoms with van der Waals surface area (Å²) in [5.41, 5.74) is 9.65. The van der Waals surface area contributed by atoms with Crippen molar-refractivity contribution in [1.29, 1.82) is 0 Å². The Morgan fingerprint density at radius 1 is 0.627 bits per heavy atom. The average molecular weight is 1680 g/mol. The minimum atomic E-state index is -0.278. The van der Waals surface area contributed by atoms with E-state index in [1.54, 1.807) is 21.3 Å². The Labute approximate surface area is 462 Å². The van der Waals surface area contributed by atoms with Gasteiger partial charge in [0.1, 0.15) is 0 Å². The van der Waals surface area contributed by atoms with Crippen molar-refractivity contribution in [3.63, 3.8) is 0 Å². The van der Waals surface area contributed by atoms with E-state index in [0.717, 1.165) is 34.7 Å². The van der Waals surface area contributed by atoms with E-state index >= 15 is 0 Å². The standard InChI is InChI=1S/C9H18N6O.C7H12ClN5.C3Cl3N3.C2H4I2.C2H5I.C2H7NO.C2H7N.CH3.2ClH.3HI.V/c1-5-10-7-12-8(11-6-2)14-9(13-7)15(3)16-4;1-3-9-6-11-5(8)12-7(13-6)10-4-2;4-1-7-2(5)9-3(6)8-1;1-2(3)4;1-2-3;1-4-2-3;1-2-3;;;;;;;/h5-6H2,1-4H3,(H2,10,11,12,13,14);3-4H2,1-2H3,(H2,9,10,11,12,13);;2H,1H3;2H2,1H3;2-3H2,1H3;2-3H2,1H3;1H3;5*1H;/q;;;;;;;-1;;;;;;+3/p-3. The molecule has 0 spiro atoms. The van der Waals surface area contributed by atoms with Crippen molar-refractivity contribution < 1.29 is 14.5 Å². The first-order valence-electron chi connectivity index (χ1n) is 16.0. The van der Waals surface area contributed by atoms with E-state index in [0.29, 0.717) is 36.5 Å². The monoisotopic (exact) mass is 1670 g/mol. The van der Waals surface area contributed by atoms with Gasteiger partial charge >= 0.3 is 64.9 Å². The number of rotatable bonds is 11. The number of methoxy groups -OCH3 is 1. The van der Waals surface area contributed by atoms with Crippen LogP contribution in [-0.4, -0.2) is 112 Å². The summed E-state index contributed by atoms with van der Waals surface area (Å²) in [5, 5.41) is 13.7. The summed E-state index contributed by atoms with van der Waals surface area (Å²) >= 11 is 36.0. The molecule has 3 aromatic rings. The summed E-state index contributed by atoms with van der Waals surface area (Å²) in [7, 11) is 4.85. The van der Waals surface area contributed by atoms with Crippen LogP contribution in [0.5, 0.6) is 0 Å². The number of nitrogens with two attached hydrogens (primary N) is 2. The van der Waals surface area contributed by atoms with Crippen LogP contribution in [0.4, 0.5) is 29.7 Å². The van der Waals surface area contributed by atoms with Crippen LogP contribution in [0.2, 0.25) is 21.1 Å². The third kappa shape index (κ3) is 62.7. The summed E-state index contributed by atoms with van der Waals surface area (Å²) < 4.78 is 6.31. The average Bonchev–Trinajstić information content (AvgIpc) is 3.08. The topological polar surface area (TPSA) is 238 Å². The zero-order valence-electron chi connectivity index (χ0n) is 34.5. The summed E-state index contributed by atoms with van der Waals surface area (Å²) in [5.74, 6) is 2.53. The first-order valence-corrected chi connectivity index (χ1v) is 35.0. The maximum absolute atomic E-state index is 5.68. The van der Waals surface area contributed by atoms with Crippen molar-refractivity contribution in [1.82, 2.24) is 44.9 Å². The van der Waals surface area contributed by atoms with Gasteiger partial charge in [0.2, 0.25) is 44.9 Å². The van der Waals surface area contributed by atoms with Crippen LogP contribution in [0.3, 0.4) is 0 Å². The molecular weight excluding hydrogens is 1620 g/mol. The molecule has 8 N–H and O–H groups in total. The van der Waals surface area contributed by atoms with Gasteiger partial charge in [0, 0.05) is 40.3 Å². The van der Waals surface area contributed by atoms with Crippen LogP contribution in [0, 0.1) is 7.43 Å². The Balaban J connectivity index is -0.0000000909. The molecule has 0 fully saturated rings. The third-order valence-electron chi connectivity index (χ3n) is 3.85. The molecule has 0 unspecified atom stereocenters. The number of alkyl halides is 3. The molecule has 3 rings (SSSR count). The number of hydroxylamine groups is 1. The number of hydrogen-bond donors (Lipinski definition) is 6. The van der Waals surface area contributed by atoms with Gasteiger partial charge in [-0.3, -0.25) is 4.84 Å². The first kappa shape index (κ1) is 78.7. The molecule has 0 saturated carbocycles. The molecule has 0 bridgehead atoms. The molecule has 0 aliphatic carbocycles. The molecule has 3 aromatic heterocycles. The summed E-state index contributed by atoms with van der Waals surface area (Å²) in [6.45, 7) is 18.1. The number of nitrogens with zero attached hydrogens (tertiary/aromatic N) is 10. The molecule has 0 aliphatic rings. The Morgan fingerprint density at radius 3 is 1.02 bits per heavy atom.